The van der Waals surface area contributed by atoms with Crippen LogP contribution in [0, 0.1) is 0 Å². The van der Waals surface area contributed by atoms with Crippen molar-refractivity contribution in [1.29, 1.82) is 0 Å². The Hall–Kier alpha value is -1.02. The first-order valence-corrected chi connectivity index (χ1v) is 9.57. The lowest BCUT2D eigenvalue weighted by Crippen LogP contribution is -2.55. The summed E-state index contributed by atoms with van der Waals surface area (Å²) in [6, 6.07) is 10.4. The molecule has 0 aromatic heterocycles. The van der Waals surface area contributed by atoms with Gasteiger partial charge < -0.3 is 29.9 Å². The van der Waals surface area contributed by atoms with E-state index in [-0.39, 0.29) is 13.0 Å². The minimum atomic E-state index is -1.35. The smallest absolute Gasteiger partial charge is 0.197 e. The van der Waals surface area contributed by atoms with Crippen LogP contribution in [0.2, 0.25) is 0 Å². The summed E-state index contributed by atoms with van der Waals surface area (Å²) in [5, 5.41) is 40.3. The zero-order valence-electron chi connectivity index (χ0n) is 15.1. The second-order valence-electron chi connectivity index (χ2n) is 7.46. The van der Waals surface area contributed by atoms with Gasteiger partial charge in [0.15, 0.2) is 5.79 Å². The van der Waals surface area contributed by atoms with Gasteiger partial charge in [-0.15, -0.1) is 0 Å². The van der Waals surface area contributed by atoms with Crippen molar-refractivity contribution in [3.05, 3.63) is 35.9 Å². The molecule has 2 aliphatic heterocycles. The maximum Gasteiger partial charge on any atom is 0.197 e. The third kappa shape index (κ3) is 3.67. The SMILES string of the molecule is OC[C@@H](O)[C@]12CCO[C@@](CCCCCCc3ccccc3)(O1)[C@H](O)[C@H]2O. The van der Waals surface area contributed by atoms with Crippen molar-refractivity contribution in [2.45, 2.75) is 74.6 Å². The molecule has 0 aliphatic carbocycles. The molecule has 2 heterocycles. The summed E-state index contributed by atoms with van der Waals surface area (Å²) in [4.78, 5) is 0. The summed E-state index contributed by atoms with van der Waals surface area (Å²) >= 11 is 0. The van der Waals surface area contributed by atoms with Gasteiger partial charge in [-0.25, -0.2) is 0 Å². The van der Waals surface area contributed by atoms with E-state index in [1.54, 1.807) is 0 Å². The van der Waals surface area contributed by atoms with Crippen LogP contribution in [0.4, 0.5) is 0 Å². The predicted molar refractivity (Wildman–Crippen MR) is 95.5 cm³/mol. The summed E-state index contributed by atoms with van der Waals surface area (Å²) in [6.45, 7) is -0.251. The molecule has 0 unspecified atom stereocenters. The van der Waals surface area contributed by atoms with E-state index in [0.29, 0.717) is 6.42 Å². The zero-order chi connectivity index (χ0) is 18.6. The van der Waals surface area contributed by atoms with E-state index in [1.165, 1.54) is 5.56 Å². The molecule has 146 valence electrons. The number of hydrogen-bond acceptors (Lipinski definition) is 6. The second-order valence-corrected chi connectivity index (χ2v) is 7.46. The lowest BCUT2D eigenvalue weighted by Gasteiger charge is -2.42. The Labute approximate surface area is 154 Å². The lowest BCUT2D eigenvalue weighted by molar-refractivity contribution is -0.328. The number of aryl methyl sites for hydroxylation is 1. The Morgan fingerprint density at radius 2 is 1.77 bits per heavy atom. The van der Waals surface area contributed by atoms with E-state index in [9.17, 15) is 20.4 Å². The molecule has 2 bridgehead atoms. The average Bonchev–Trinajstić information content (AvgIpc) is 2.83. The summed E-state index contributed by atoms with van der Waals surface area (Å²) in [6.07, 6.45) is 1.92. The Bertz CT molecular complexity index is 567. The number of rotatable bonds is 9. The highest BCUT2D eigenvalue weighted by molar-refractivity contribution is 5.14. The number of ether oxygens (including phenoxy) is 2. The number of unbranched alkanes of at least 4 members (excludes halogenated alkanes) is 3. The number of benzene rings is 1. The maximum absolute atomic E-state index is 10.5. The summed E-state index contributed by atoms with van der Waals surface area (Å²) in [5.41, 5.74) is -0.0122. The highest BCUT2D eigenvalue weighted by Gasteiger charge is 2.67. The van der Waals surface area contributed by atoms with E-state index in [2.05, 4.69) is 12.1 Å². The fourth-order valence-corrected chi connectivity index (χ4v) is 4.20. The van der Waals surface area contributed by atoms with Gasteiger partial charge in [0.2, 0.25) is 0 Å². The summed E-state index contributed by atoms with van der Waals surface area (Å²) in [7, 11) is 0. The normalized spacial score (nSPS) is 34.8. The minimum absolute atomic E-state index is 0.242. The van der Waals surface area contributed by atoms with E-state index >= 15 is 0 Å². The lowest BCUT2D eigenvalue weighted by atomic mass is 9.86. The summed E-state index contributed by atoms with van der Waals surface area (Å²) < 4.78 is 11.6. The van der Waals surface area contributed by atoms with Gasteiger partial charge in [-0.3, -0.25) is 0 Å². The van der Waals surface area contributed by atoms with Crippen LogP contribution in [0.25, 0.3) is 0 Å². The van der Waals surface area contributed by atoms with Gasteiger partial charge in [0, 0.05) is 12.8 Å². The number of aliphatic hydroxyl groups is 4. The first-order chi connectivity index (χ1) is 12.5. The zero-order valence-corrected chi connectivity index (χ0v) is 15.1. The van der Waals surface area contributed by atoms with Crippen molar-refractivity contribution in [1.82, 2.24) is 0 Å². The van der Waals surface area contributed by atoms with Gasteiger partial charge in [0.1, 0.15) is 23.9 Å². The third-order valence-corrected chi connectivity index (χ3v) is 5.77. The molecular formula is C20H30O6. The maximum atomic E-state index is 10.5. The molecule has 6 nitrogen and oxygen atoms in total. The van der Waals surface area contributed by atoms with Crippen molar-refractivity contribution in [3.8, 4) is 0 Å². The molecule has 0 spiro atoms. The van der Waals surface area contributed by atoms with Crippen LogP contribution in [-0.4, -0.2) is 63.3 Å². The molecule has 4 N–H and O–H groups in total. The van der Waals surface area contributed by atoms with Crippen LogP contribution in [0.1, 0.15) is 44.1 Å². The van der Waals surface area contributed by atoms with Crippen LogP contribution in [0.15, 0.2) is 30.3 Å². The Balaban J connectivity index is 1.48. The number of aliphatic hydroxyl groups excluding tert-OH is 4. The van der Waals surface area contributed by atoms with E-state index in [1.807, 2.05) is 18.2 Å². The van der Waals surface area contributed by atoms with Crippen LogP contribution in [-0.2, 0) is 15.9 Å². The first-order valence-electron chi connectivity index (χ1n) is 9.57. The van der Waals surface area contributed by atoms with Gasteiger partial charge in [0.25, 0.3) is 0 Å². The van der Waals surface area contributed by atoms with Crippen molar-refractivity contribution in [3.63, 3.8) is 0 Å². The first kappa shape index (κ1) is 19.7. The molecule has 2 aliphatic rings. The highest BCUT2D eigenvalue weighted by atomic mass is 16.7. The fraction of sp³-hybridized carbons (Fsp3) is 0.700. The molecule has 1 aromatic rings. The quantitative estimate of drug-likeness (QED) is 0.489. The number of fused-ring (bicyclic) bond motifs is 2. The van der Waals surface area contributed by atoms with E-state index in [0.717, 1.165) is 32.1 Å². The Kier molecular flexibility index (Phi) is 6.33. The average molecular weight is 366 g/mol. The standard InChI is InChI=1S/C20H30O6/c21-14-16(22)19-12-13-25-20(26-19,18(24)17(19)23)11-7-2-1-4-8-15-9-5-3-6-10-15/h3,5-6,9-10,16-18,21-24H,1-2,4,7-8,11-14H2/t16-,17-,18-,19+,20+/m1/s1. The van der Waals surface area contributed by atoms with Crippen LogP contribution in [0.3, 0.4) is 0 Å². The predicted octanol–water partition coefficient (Wildman–Crippen LogP) is 1.14. The molecule has 3 rings (SSSR count). The fourth-order valence-electron chi connectivity index (χ4n) is 4.20. The van der Waals surface area contributed by atoms with Gasteiger partial charge in [0.05, 0.1) is 13.2 Å². The van der Waals surface area contributed by atoms with E-state index < -0.39 is 36.3 Å². The summed E-state index contributed by atoms with van der Waals surface area (Å²) in [5.74, 6) is -1.28. The topological polar surface area (TPSA) is 99.4 Å². The molecule has 1 aromatic carbocycles. The molecule has 26 heavy (non-hydrogen) atoms. The Morgan fingerprint density at radius 3 is 2.50 bits per heavy atom. The minimum Gasteiger partial charge on any atom is -0.394 e. The molecule has 6 heteroatoms. The molecule has 0 radical (unpaired) electrons. The number of hydrogen-bond donors (Lipinski definition) is 4. The molecule has 2 fully saturated rings. The van der Waals surface area contributed by atoms with Crippen molar-refractivity contribution in [2.24, 2.45) is 0 Å². The molecule has 0 amide bonds. The van der Waals surface area contributed by atoms with Crippen LogP contribution >= 0.6 is 0 Å². The van der Waals surface area contributed by atoms with Crippen molar-refractivity contribution >= 4 is 0 Å². The monoisotopic (exact) mass is 366 g/mol. The van der Waals surface area contributed by atoms with Gasteiger partial charge in [-0.1, -0.05) is 43.2 Å². The second kappa shape index (κ2) is 8.33. The van der Waals surface area contributed by atoms with Gasteiger partial charge in [-0.2, -0.15) is 0 Å². The van der Waals surface area contributed by atoms with E-state index in [4.69, 9.17) is 9.47 Å². The molecule has 0 saturated carbocycles. The molecule has 5 atom stereocenters. The van der Waals surface area contributed by atoms with Crippen molar-refractivity contribution in [2.75, 3.05) is 13.2 Å². The Morgan fingerprint density at radius 1 is 1.04 bits per heavy atom. The van der Waals surface area contributed by atoms with Crippen LogP contribution in [0.5, 0.6) is 0 Å². The van der Waals surface area contributed by atoms with Crippen molar-refractivity contribution < 1.29 is 29.9 Å². The largest absolute Gasteiger partial charge is 0.394 e. The third-order valence-electron chi connectivity index (χ3n) is 5.77. The van der Waals surface area contributed by atoms with Gasteiger partial charge >= 0.3 is 0 Å². The molecule has 2 saturated heterocycles. The van der Waals surface area contributed by atoms with Gasteiger partial charge in [-0.05, 0) is 24.8 Å². The molecular weight excluding hydrogens is 336 g/mol. The van der Waals surface area contributed by atoms with Crippen LogP contribution < -0.4 is 0 Å². The highest BCUT2D eigenvalue weighted by Crippen LogP contribution is 2.49.